The summed E-state index contributed by atoms with van der Waals surface area (Å²) in [5.41, 5.74) is 5.99. The van der Waals surface area contributed by atoms with Crippen LogP contribution in [0.25, 0.3) is 33.3 Å². The summed E-state index contributed by atoms with van der Waals surface area (Å²) in [7, 11) is 0. The van der Waals surface area contributed by atoms with Crippen molar-refractivity contribution in [2.24, 2.45) is 5.92 Å². The van der Waals surface area contributed by atoms with Crippen molar-refractivity contribution in [3.8, 4) is 11.3 Å². The Bertz CT molecular complexity index is 1320. The topological polar surface area (TPSA) is 29.9 Å². The molecular weight excluding hydrogens is 332 g/mol. The van der Waals surface area contributed by atoms with E-state index in [1.165, 1.54) is 11.1 Å². The van der Waals surface area contributed by atoms with Crippen LogP contribution in [0.5, 0.6) is 0 Å². The molecule has 0 aliphatic carbocycles. The van der Waals surface area contributed by atoms with Gasteiger partial charge in [0.1, 0.15) is 0 Å². The maximum absolute atomic E-state index is 7.64. The zero-order valence-corrected chi connectivity index (χ0v) is 16.1. The number of aromatic nitrogens is 2. The number of rotatable bonds is 2. The average molecular weight is 360 g/mol. The summed E-state index contributed by atoms with van der Waals surface area (Å²) in [5.74, 6) is 0.505. The standard InChI is InChI=1S/C24H25N2O/c1-14(2)24(4,5)17-10-11-26-13-16-7-9-18-19-8-6-15(3)25-23(19)27-22(18)21(16)20(26)12-17/h6-12,14H,13H2,1-5H3/q+1/i3D3. The van der Waals surface area contributed by atoms with Crippen LogP contribution in [0.15, 0.2) is 47.0 Å². The minimum absolute atomic E-state index is 0.0519. The lowest BCUT2D eigenvalue weighted by Crippen LogP contribution is -2.33. The molecular formula is C24H25N2O+. The van der Waals surface area contributed by atoms with Crippen molar-refractivity contribution < 1.29 is 13.1 Å². The molecule has 4 aromatic rings. The van der Waals surface area contributed by atoms with Gasteiger partial charge < -0.3 is 4.42 Å². The predicted octanol–water partition coefficient (Wildman–Crippen LogP) is 5.54. The van der Waals surface area contributed by atoms with Gasteiger partial charge in [0.25, 0.3) is 0 Å². The van der Waals surface area contributed by atoms with Gasteiger partial charge in [0.2, 0.25) is 11.4 Å². The monoisotopic (exact) mass is 360 g/mol. The van der Waals surface area contributed by atoms with Crippen LogP contribution in [0, 0.1) is 12.8 Å². The van der Waals surface area contributed by atoms with Crippen LogP contribution in [-0.4, -0.2) is 4.98 Å². The maximum Gasteiger partial charge on any atom is 0.227 e. The predicted molar refractivity (Wildman–Crippen MR) is 109 cm³/mol. The van der Waals surface area contributed by atoms with E-state index in [1.807, 2.05) is 6.07 Å². The Morgan fingerprint density at radius 3 is 2.74 bits per heavy atom. The van der Waals surface area contributed by atoms with Gasteiger partial charge >= 0.3 is 0 Å². The van der Waals surface area contributed by atoms with E-state index in [-0.39, 0.29) is 11.1 Å². The third-order valence-electron chi connectivity index (χ3n) is 6.41. The first-order valence-corrected chi connectivity index (χ1v) is 9.47. The summed E-state index contributed by atoms with van der Waals surface area (Å²) in [6.45, 7) is 7.60. The number of pyridine rings is 2. The Balaban J connectivity index is 1.75. The van der Waals surface area contributed by atoms with Crippen molar-refractivity contribution >= 4 is 22.1 Å². The lowest BCUT2D eigenvalue weighted by molar-refractivity contribution is -0.672. The van der Waals surface area contributed by atoms with E-state index in [0.717, 1.165) is 34.2 Å². The number of hydrogen-bond acceptors (Lipinski definition) is 2. The van der Waals surface area contributed by atoms with Gasteiger partial charge in [-0.05, 0) is 41.9 Å². The van der Waals surface area contributed by atoms with Crippen LogP contribution in [-0.2, 0) is 12.0 Å². The molecule has 27 heavy (non-hydrogen) atoms. The molecule has 0 fully saturated rings. The largest absolute Gasteiger partial charge is 0.437 e. The van der Waals surface area contributed by atoms with Gasteiger partial charge in [0, 0.05) is 38.3 Å². The van der Waals surface area contributed by atoms with Gasteiger partial charge in [-0.1, -0.05) is 33.8 Å². The highest BCUT2D eigenvalue weighted by Gasteiger charge is 2.33. The highest BCUT2D eigenvalue weighted by Crippen LogP contribution is 2.40. The van der Waals surface area contributed by atoms with E-state index in [4.69, 9.17) is 8.53 Å². The Labute approximate surface area is 163 Å². The second-order valence-corrected chi connectivity index (χ2v) is 8.43. The summed E-state index contributed by atoms with van der Waals surface area (Å²) in [4.78, 5) is 4.31. The molecule has 0 saturated carbocycles. The van der Waals surface area contributed by atoms with Gasteiger partial charge in [0.15, 0.2) is 18.3 Å². The smallest absolute Gasteiger partial charge is 0.227 e. The van der Waals surface area contributed by atoms with Crippen molar-refractivity contribution in [1.29, 1.82) is 0 Å². The normalized spacial score (nSPS) is 15.7. The average Bonchev–Trinajstić information content (AvgIpc) is 3.23. The summed E-state index contributed by atoms with van der Waals surface area (Å²) in [6.07, 6.45) is 2.16. The minimum atomic E-state index is -2.26. The number of fused-ring (bicyclic) bond motifs is 7. The second-order valence-electron chi connectivity index (χ2n) is 8.43. The number of hydrogen-bond donors (Lipinski definition) is 0. The minimum Gasteiger partial charge on any atom is -0.437 e. The quantitative estimate of drug-likeness (QED) is 0.387. The molecule has 1 aliphatic heterocycles. The molecule has 5 rings (SSSR count). The fourth-order valence-electron chi connectivity index (χ4n) is 3.97. The van der Waals surface area contributed by atoms with Gasteiger partial charge in [-0.15, -0.1) is 0 Å². The van der Waals surface area contributed by atoms with Crippen LogP contribution in [0.1, 0.15) is 48.6 Å². The Kier molecular flexibility index (Phi) is 2.70. The summed E-state index contributed by atoms with van der Waals surface area (Å²) >= 11 is 0. The van der Waals surface area contributed by atoms with Crippen molar-refractivity contribution in [2.75, 3.05) is 0 Å². The van der Waals surface area contributed by atoms with E-state index in [2.05, 4.69) is 67.7 Å². The fraction of sp³-hybridized carbons (Fsp3) is 0.333. The van der Waals surface area contributed by atoms with Crippen LogP contribution in [0.2, 0.25) is 0 Å². The third kappa shape index (κ3) is 2.27. The first-order valence-electron chi connectivity index (χ1n) is 11.0. The fourth-order valence-corrected chi connectivity index (χ4v) is 3.97. The SMILES string of the molecule is [2H]C([2H])([2H])c1ccc2c(n1)oc1c3c(ccc12)C[n+]1ccc(C(C)(C)C(C)C)cc1-3. The molecule has 0 bridgehead atoms. The molecule has 0 atom stereocenters. The zero-order chi connectivity index (χ0) is 21.4. The lowest BCUT2D eigenvalue weighted by atomic mass is 9.75. The lowest BCUT2D eigenvalue weighted by Gasteiger charge is -2.29. The maximum atomic E-state index is 7.64. The Hall–Kier alpha value is -2.68. The Morgan fingerprint density at radius 1 is 1.15 bits per heavy atom. The highest BCUT2D eigenvalue weighted by molar-refractivity contribution is 6.09. The molecule has 1 aliphatic rings. The molecule has 1 aromatic carbocycles. The molecule has 0 spiro atoms. The first kappa shape index (κ1) is 13.5. The van der Waals surface area contributed by atoms with Gasteiger partial charge in [-0.3, -0.25) is 0 Å². The summed E-state index contributed by atoms with van der Waals surface area (Å²) < 4.78 is 31.4. The van der Waals surface area contributed by atoms with Crippen LogP contribution in [0.4, 0.5) is 0 Å². The van der Waals surface area contributed by atoms with E-state index >= 15 is 0 Å². The molecule has 136 valence electrons. The van der Waals surface area contributed by atoms with Crippen LogP contribution in [0.3, 0.4) is 0 Å². The molecule has 3 heteroatoms. The number of furan rings is 1. The summed E-state index contributed by atoms with van der Waals surface area (Å²) in [5, 5.41) is 1.81. The molecule has 0 N–H and O–H groups in total. The second kappa shape index (κ2) is 5.41. The molecule has 0 unspecified atom stereocenters. The summed E-state index contributed by atoms with van der Waals surface area (Å²) in [6, 6.07) is 12.1. The molecule has 4 heterocycles. The third-order valence-corrected chi connectivity index (χ3v) is 6.41. The molecule has 0 amide bonds. The number of benzene rings is 1. The van der Waals surface area contributed by atoms with E-state index < -0.39 is 6.85 Å². The van der Waals surface area contributed by atoms with Gasteiger partial charge in [-0.25, -0.2) is 4.98 Å². The highest BCUT2D eigenvalue weighted by atomic mass is 16.3. The molecule has 3 aromatic heterocycles. The van der Waals surface area contributed by atoms with Crippen LogP contribution < -0.4 is 4.57 Å². The Morgan fingerprint density at radius 2 is 1.96 bits per heavy atom. The van der Waals surface area contributed by atoms with Crippen LogP contribution >= 0.6 is 0 Å². The van der Waals surface area contributed by atoms with Crippen molar-refractivity contribution in [3.05, 3.63) is 59.4 Å². The van der Waals surface area contributed by atoms with Crippen molar-refractivity contribution in [2.45, 2.75) is 46.5 Å². The molecule has 0 radical (unpaired) electrons. The van der Waals surface area contributed by atoms with E-state index in [0.29, 0.717) is 11.6 Å². The van der Waals surface area contributed by atoms with E-state index in [9.17, 15) is 0 Å². The number of nitrogens with zero attached hydrogens (tertiary/aromatic N) is 2. The molecule has 0 saturated heterocycles. The number of aryl methyl sites for hydroxylation is 1. The molecule has 3 nitrogen and oxygen atoms in total. The first-order chi connectivity index (χ1) is 14.1. The van der Waals surface area contributed by atoms with Crippen molar-refractivity contribution in [3.63, 3.8) is 0 Å². The van der Waals surface area contributed by atoms with Gasteiger partial charge in [-0.2, -0.15) is 4.57 Å². The zero-order valence-electron chi connectivity index (χ0n) is 19.1. The van der Waals surface area contributed by atoms with Crippen molar-refractivity contribution in [1.82, 2.24) is 4.98 Å². The van der Waals surface area contributed by atoms with E-state index in [1.54, 1.807) is 6.07 Å². The van der Waals surface area contributed by atoms with Gasteiger partial charge in [0.05, 0.1) is 5.56 Å².